The average Bonchev–Trinajstić information content (AvgIpc) is 2.85. The molecule has 5 nitrogen and oxygen atoms in total. The maximum absolute atomic E-state index is 5.56. The van der Waals surface area contributed by atoms with Crippen LogP contribution in [0.15, 0.2) is 15.2 Å². The van der Waals surface area contributed by atoms with Crippen molar-refractivity contribution in [3.05, 3.63) is 28.1 Å². The van der Waals surface area contributed by atoms with Gasteiger partial charge in [0.1, 0.15) is 0 Å². The minimum atomic E-state index is 0.227. The Labute approximate surface area is 125 Å². The largest absolute Gasteiger partial charge is 0.339 e. The monoisotopic (exact) mass is 336 g/mol. The number of nitrogens with zero attached hydrogens (tertiary/aromatic N) is 4. The van der Waals surface area contributed by atoms with Crippen LogP contribution in [0.5, 0.6) is 0 Å². The third-order valence-electron chi connectivity index (χ3n) is 4.75. The smallest absolute Gasteiger partial charge is 0.233 e. The number of aryl methyl sites for hydroxylation is 1. The number of aromatic nitrogens is 4. The van der Waals surface area contributed by atoms with Crippen LogP contribution in [0.2, 0.25) is 0 Å². The van der Waals surface area contributed by atoms with Gasteiger partial charge < -0.3 is 4.52 Å². The van der Waals surface area contributed by atoms with Crippen LogP contribution >= 0.6 is 15.9 Å². The standard InChI is InChI=1S/C14H17BrN4O/c1-19-8-10(15)11(17-19)7-12-16-13(20-18-12)14(5-6-14)9-3-2-4-9/h8-9H,2-7H2,1H3. The van der Waals surface area contributed by atoms with Crippen LogP contribution in [0.25, 0.3) is 0 Å². The first-order chi connectivity index (χ1) is 9.67. The Morgan fingerprint density at radius 2 is 2.25 bits per heavy atom. The summed E-state index contributed by atoms with van der Waals surface area (Å²) >= 11 is 3.51. The van der Waals surface area contributed by atoms with Crippen molar-refractivity contribution in [3.63, 3.8) is 0 Å². The van der Waals surface area contributed by atoms with Crippen LogP contribution in [-0.2, 0) is 18.9 Å². The van der Waals surface area contributed by atoms with Gasteiger partial charge in [0.25, 0.3) is 0 Å². The lowest BCUT2D eigenvalue weighted by atomic mass is 9.73. The van der Waals surface area contributed by atoms with Crippen molar-refractivity contribution in [2.75, 3.05) is 0 Å². The second-order valence-electron chi connectivity index (χ2n) is 6.07. The molecule has 2 aliphatic carbocycles. The molecule has 0 aliphatic heterocycles. The molecule has 20 heavy (non-hydrogen) atoms. The van der Waals surface area contributed by atoms with E-state index in [1.165, 1.54) is 32.1 Å². The van der Waals surface area contributed by atoms with Crippen molar-refractivity contribution in [3.8, 4) is 0 Å². The molecule has 2 aromatic heterocycles. The maximum atomic E-state index is 5.56. The van der Waals surface area contributed by atoms with E-state index in [2.05, 4.69) is 31.2 Å². The highest BCUT2D eigenvalue weighted by Crippen LogP contribution is 2.59. The van der Waals surface area contributed by atoms with E-state index < -0.39 is 0 Å². The van der Waals surface area contributed by atoms with Gasteiger partial charge in [-0.15, -0.1) is 0 Å². The van der Waals surface area contributed by atoms with E-state index in [1.54, 1.807) is 4.68 Å². The predicted molar refractivity (Wildman–Crippen MR) is 76.3 cm³/mol. The lowest BCUT2D eigenvalue weighted by Gasteiger charge is -2.31. The molecule has 0 atom stereocenters. The van der Waals surface area contributed by atoms with Gasteiger partial charge in [0, 0.05) is 13.2 Å². The van der Waals surface area contributed by atoms with Crippen LogP contribution < -0.4 is 0 Å². The lowest BCUT2D eigenvalue weighted by Crippen LogP contribution is -2.27. The summed E-state index contributed by atoms with van der Waals surface area (Å²) in [6.07, 6.45) is 8.99. The third kappa shape index (κ3) is 1.92. The quantitative estimate of drug-likeness (QED) is 0.861. The first kappa shape index (κ1) is 12.6. The number of halogens is 1. The Morgan fingerprint density at radius 3 is 2.80 bits per heavy atom. The summed E-state index contributed by atoms with van der Waals surface area (Å²) in [4.78, 5) is 4.65. The molecule has 0 amide bonds. The molecule has 0 aromatic carbocycles. The van der Waals surface area contributed by atoms with E-state index in [-0.39, 0.29) is 5.41 Å². The maximum Gasteiger partial charge on any atom is 0.233 e. The number of hydrogen-bond acceptors (Lipinski definition) is 4. The number of rotatable bonds is 4. The molecular formula is C14H17BrN4O. The predicted octanol–water partition coefficient (Wildman–Crippen LogP) is 2.99. The molecule has 106 valence electrons. The van der Waals surface area contributed by atoms with Gasteiger partial charge in [-0.3, -0.25) is 4.68 Å². The second-order valence-corrected chi connectivity index (χ2v) is 6.93. The summed E-state index contributed by atoms with van der Waals surface area (Å²) in [6, 6.07) is 0. The zero-order valence-corrected chi connectivity index (χ0v) is 13.1. The molecule has 2 aromatic rings. The van der Waals surface area contributed by atoms with Gasteiger partial charge in [0.15, 0.2) is 5.82 Å². The Bertz CT molecular complexity index is 639. The van der Waals surface area contributed by atoms with Crippen molar-refractivity contribution in [1.82, 2.24) is 19.9 Å². The zero-order chi connectivity index (χ0) is 13.7. The van der Waals surface area contributed by atoms with E-state index >= 15 is 0 Å². The van der Waals surface area contributed by atoms with E-state index in [0.29, 0.717) is 6.42 Å². The lowest BCUT2D eigenvalue weighted by molar-refractivity contribution is 0.202. The van der Waals surface area contributed by atoms with Crippen molar-refractivity contribution >= 4 is 15.9 Å². The molecule has 2 heterocycles. The highest BCUT2D eigenvalue weighted by molar-refractivity contribution is 9.10. The normalized spacial score (nSPS) is 20.9. The van der Waals surface area contributed by atoms with E-state index in [4.69, 9.17) is 4.52 Å². The summed E-state index contributed by atoms with van der Waals surface area (Å²) in [7, 11) is 1.91. The molecule has 2 saturated carbocycles. The van der Waals surface area contributed by atoms with Gasteiger partial charge in [-0.2, -0.15) is 10.1 Å². The SMILES string of the molecule is Cn1cc(Br)c(Cc2noc(C3(C4CCC4)CC3)n2)n1. The molecule has 0 bridgehead atoms. The number of hydrogen-bond donors (Lipinski definition) is 0. The zero-order valence-electron chi connectivity index (χ0n) is 11.5. The fraction of sp³-hybridized carbons (Fsp3) is 0.643. The second kappa shape index (κ2) is 4.41. The first-order valence-corrected chi connectivity index (χ1v) is 7.98. The van der Waals surface area contributed by atoms with Crippen molar-refractivity contribution in [2.45, 2.75) is 43.9 Å². The van der Waals surface area contributed by atoms with E-state index in [1.807, 2.05) is 13.2 Å². The van der Waals surface area contributed by atoms with Crippen molar-refractivity contribution in [1.29, 1.82) is 0 Å². The Kier molecular flexibility index (Phi) is 2.77. The summed E-state index contributed by atoms with van der Waals surface area (Å²) in [5, 5.41) is 8.56. The van der Waals surface area contributed by atoms with Gasteiger partial charge in [-0.25, -0.2) is 0 Å². The fourth-order valence-corrected chi connectivity index (χ4v) is 3.71. The topological polar surface area (TPSA) is 56.7 Å². The van der Waals surface area contributed by atoms with Gasteiger partial charge in [0.2, 0.25) is 5.89 Å². The Morgan fingerprint density at radius 1 is 1.45 bits per heavy atom. The molecule has 6 heteroatoms. The molecule has 0 unspecified atom stereocenters. The van der Waals surface area contributed by atoms with E-state index in [0.717, 1.165) is 27.8 Å². The molecular weight excluding hydrogens is 320 g/mol. The van der Waals surface area contributed by atoms with Crippen molar-refractivity contribution < 1.29 is 4.52 Å². The molecule has 0 spiro atoms. The van der Waals surface area contributed by atoms with Crippen LogP contribution in [0.1, 0.15) is 49.5 Å². The summed E-state index contributed by atoms with van der Waals surface area (Å²) in [6.45, 7) is 0. The molecule has 4 rings (SSSR count). The van der Waals surface area contributed by atoms with Gasteiger partial charge in [-0.1, -0.05) is 11.6 Å². The van der Waals surface area contributed by atoms with Gasteiger partial charge in [-0.05, 0) is 47.5 Å². The average molecular weight is 337 g/mol. The van der Waals surface area contributed by atoms with Crippen LogP contribution in [0.4, 0.5) is 0 Å². The molecule has 0 N–H and O–H groups in total. The fourth-order valence-electron chi connectivity index (χ4n) is 3.20. The van der Waals surface area contributed by atoms with Crippen LogP contribution in [-0.4, -0.2) is 19.9 Å². The highest BCUT2D eigenvalue weighted by Gasteiger charge is 2.56. The Balaban J connectivity index is 1.55. The molecule has 2 fully saturated rings. The minimum absolute atomic E-state index is 0.227. The van der Waals surface area contributed by atoms with Crippen LogP contribution in [0.3, 0.4) is 0 Å². The van der Waals surface area contributed by atoms with E-state index in [9.17, 15) is 0 Å². The van der Waals surface area contributed by atoms with Crippen LogP contribution in [0, 0.1) is 5.92 Å². The highest BCUT2D eigenvalue weighted by atomic mass is 79.9. The van der Waals surface area contributed by atoms with Crippen molar-refractivity contribution in [2.24, 2.45) is 13.0 Å². The van der Waals surface area contributed by atoms with Gasteiger partial charge in [0.05, 0.1) is 22.0 Å². The van der Waals surface area contributed by atoms with Gasteiger partial charge >= 0.3 is 0 Å². The molecule has 2 aliphatic rings. The molecule has 0 saturated heterocycles. The Hall–Kier alpha value is -1.17. The first-order valence-electron chi connectivity index (χ1n) is 7.18. The molecule has 0 radical (unpaired) electrons. The summed E-state index contributed by atoms with van der Waals surface area (Å²) in [5.74, 6) is 2.38. The minimum Gasteiger partial charge on any atom is -0.339 e. The summed E-state index contributed by atoms with van der Waals surface area (Å²) in [5.41, 5.74) is 1.18. The summed E-state index contributed by atoms with van der Waals surface area (Å²) < 4.78 is 8.34. The third-order valence-corrected chi connectivity index (χ3v) is 5.41.